The molecule has 2 rings (SSSR count). The van der Waals surface area contributed by atoms with Crippen molar-refractivity contribution in [3.8, 4) is 0 Å². The summed E-state index contributed by atoms with van der Waals surface area (Å²) >= 11 is 0. The van der Waals surface area contributed by atoms with Crippen LogP contribution in [-0.4, -0.2) is 26.7 Å². The number of hydrogen-bond acceptors (Lipinski definition) is 3. The van der Waals surface area contributed by atoms with Gasteiger partial charge in [0.15, 0.2) is 5.43 Å². The van der Waals surface area contributed by atoms with Gasteiger partial charge >= 0.3 is 0 Å². The van der Waals surface area contributed by atoms with Gasteiger partial charge < -0.3 is 4.98 Å². The van der Waals surface area contributed by atoms with E-state index in [4.69, 9.17) is 0 Å². The van der Waals surface area contributed by atoms with E-state index in [0.29, 0.717) is 0 Å². The lowest BCUT2D eigenvalue weighted by atomic mass is 10.1. The van der Waals surface area contributed by atoms with Crippen molar-refractivity contribution < 1.29 is 0 Å². The predicted molar refractivity (Wildman–Crippen MR) is 84.3 cm³/mol. The van der Waals surface area contributed by atoms with Crippen LogP contribution in [0.15, 0.2) is 17.2 Å². The number of aryl methyl sites for hydroxylation is 3. The first-order valence-corrected chi connectivity index (χ1v) is 7.31. The monoisotopic (exact) mass is 288 g/mol. The third-order valence-electron chi connectivity index (χ3n) is 3.85. The minimum atomic E-state index is 0.132. The SMILES string of the molecule is CCn1cc(CN(C)Cc2[nH]cc(C)c(=O)c2C)c(C)n1. The average molecular weight is 288 g/mol. The zero-order valence-corrected chi connectivity index (χ0v) is 13.5. The minimum absolute atomic E-state index is 0.132. The molecule has 5 nitrogen and oxygen atoms in total. The van der Waals surface area contributed by atoms with Crippen molar-refractivity contribution in [1.82, 2.24) is 19.7 Å². The Morgan fingerprint density at radius 2 is 2.00 bits per heavy atom. The predicted octanol–water partition coefficient (Wildman–Crippen LogP) is 2.15. The Hall–Kier alpha value is -1.88. The lowest BCUT2D eigenvalue weighted by Gasteiger charge is -2.17. The molecule has 0 aromatic carbocycles. The van der Waals surface area contributed by atoms with Crippen molar-refractivity contribution in [2.45, 2.75) is 47.3 Å². The highest BCUT2D eigenvalue weighted by atomic mass is 16.1. The molecule has 0 aliphatic heterocycles. The number of pyridine rings is 1. The molecule has 0 bridgehead atoms. The second-order valence-electron chi connectivity index (χ2n) is 5.67. The molecule has 5 heteroatoms. The zero-order valence-electron chi connectivity index (χ0n) is 13.5. The Balaban J connectivity index is 2.11. The van der Waals surface area contributed by atoms with Gasteiger partial charge in [0, 0.05) is 54.4 Å². The largest absolute Gasteiger partial charge is 0.363 e. The summed E-state index contributed by atoms with van der Waals surface area (Å²) in [4.78, 5) is 17.4. The highest BCUT2D eigenvalue weighted by Gasteiger charge is 2.11. The van der Waals surface area contributed by atoms with E-state index in [1.165, 1.54) is 5.56 Å². The molecule has 114 valence electrons. The molecule has 0 radical (unpaired) electrons. The number of nitrogens with one attached hydrogen (secondary N) is 1. The summed E-state index contributed by atoms with van der Waals surface area (Å²) in [5.74, 6) is 0. The van der Waals surface area contributed by atoms with Gasteiger partial charge in [-0.15, -0.1) is 0 Å². The van der Waals surface area contributed by atoms with Crippen LogP contribution in [0.1, 0.15) is 35.0 Å². The molecule has 2 heterocycles. The van der Waals surface area contributed by atoms with Crippen molar-refractivity contribution >= 4 is 0 Å². The van der Waals surface area contributed by atoms with Crippen LogP contribution in [0.5, 0.6) is 0 Å². The molecule has 0 spiro atoms. The van der Waals surface area contributed by atoms with Crippen LogP contribution in [0.3, 0.4) is 0 Å². The van der Waals surface area contributed by atoms with E-state index < -0.39 is 0 Å². The Bertz CT molecular complexity index is 684. The molecule has 0 aliphatic carbocycles. The number of aromatic amines is 1. The van der Waals surface area contributed by atoms with E-state index in [1.54, 1.807) is 6.20 Å². The first-order valence-electron chi connectivity index (χ1n) is 7.31. The number of hydrogen-bond donors (Lipinski definition) is 1. The third kappa shape index (κ3) is 3.42. The van der Waals surface area contributed by atoms with E-state index in [1.807, 2.05) is 25.5 Å². The molecule has 21 heavy (non-hydrogen) atoms. The number of aromatic nitrogens is 3. The van der Waals surface area contributed by atoms with Crippen LogP contribution in [0, 0.1) is 20.8 Å². The van der Waals surface area contributed by atoms with E-state index in [0.717, 1.165) is 42.1 Å². The van der Waals surface area contributed by atoms with Gasteiger partial charge in [-0.3, -0.25) is 14.4 Å². The number of nitrogens with zero attached hydrogens (tertiary/aromatic N) is 3. The number of H-pyrrole nitrogens is 1. The maximum Gasteiger partial charge on any atom is 0.187 e. The molecule has 0 unspecified atom stereocenters. The maximum atomic E-state index is 12.0. The van der Waals surface area contributed by atoms with Crippen molar-refractivity contribution in [1.29, 1.82) is 0 Å². The summed E-state index contributed by atoms with van der Waals surface area (Å²) in [7, 11) is 2.06. The Kier molecular flexibility index (Phi) is 4.63. The summed E-state index contributed by atoms with van der Waals surface area (Å²) in [5.41, 5.74) is 4.98. The quantitative estimate of drug-likeness (QED) is 0.917. The second-order valence-corrected chi connectivity index (χ2v) is 5.67. The van der Waals surface area contributed by atoms with Crippen LogP contribution in [0.2, 0.25) is 0 Å². The van der Waals surface area contributed by atoms with E-state index in [9.17, 15) is 4.79 Å². The van der Waals surface area contributed by atoms with E-state index in [-0.39, 0.29) is 5.43 Å². The summed E-state index contributed by atoms with van der Waals surface area (Å²) in [5, 5.41) is 4.46. The summed E-state index contributed by atoms with van der Waals surface area (Å²) < 4.78 is 1.96. The lowest BCUT2D eigenvalue weighted by molar-refractivity contribution is 0.313. The van der Waals surface area contributed by atoms with Gasteiger partial charge in [0.2, 0.25) is 0 Å². The van der Waals surface area contributed by atoms with Crippen molar-refractivity contribution in [3.05, 3.63) is 50.7 Å². The van der Waals surface area contributed by atoms with Crippen LogP contribution in [0.4, 0.5) is 0 Å². The molecule has 0 aliphatic rings. The first kappa shape index (κ1) is 15.5. The molecule has 0 saturated heterocycles. The van der Waals surface area contributed by atoms with Crippen LogP contribution in [-0.2, 0) is 19.6 Å². The van der Waals surface area contributed by atoms with Gasteiger partial charge in [0.25, 0.3) is 0 Å². The van der Waals surface area contributed by atoms with Gasteiger partial charge in [-0.25, -0.2) is 0 Å². The van der Waals surface area contributed by atoms with Crippen LogP contribution < -0.4 is 5.43 Å². The molecular formula is C16H24N4O. The van der Waals surface area contributed by atoms with Crippen molar-refractivity contribution in [2.75, 3.05) is 7.05 Å². The van der Waals surface area contributed by atoms with Crippen molar-refractivity contribution in [2.24, 2.45) is 0 Å². The Morgan fingerprint density at radius 3 is 2.62 bits per heavy atom. The standard InChI is InChI=1S/C16H24N4O/c1-6-20-9-14(13(4)18-20)8-19(5)10-15-12(3)16(21)11(2)7-17-15/h7,9H,6,8,10H2,1-5H3,(H,17,21). The van der Waals surface area contributed by atoms with E-state index >= 15 is 0 Å². The summed E-state index contributed by atoms with van der Waals surface area (Å²) in [6.45, 7) is 10.3. The summed E-state index contributed by atoms with van der Waals surface area (Å²) in [6, 6.07) is 0. The normalized spacial score (nSPS) is 11.3. The van der Waals surface area contributed by atoms with Gasteiger partial charge in [0.1, 0.15) is 0 Å². The highest BCUT2D eigenvalue weighted by Crippen LogP contribution is 2.11. The van der Waals surface area contributed by atoms with Gasteiger partial charge in [0.05, 0.1) is 5.69 Å². The maximum absolute atomic E-state index is 12.0. The fourth-order valence-corrected chi connectivity index (χ4v) is 2.46. The average Bonchev–Trinajstić information content (AvgIpc) is 2.80. The first-order chi connectivity index (χ1) is 9.92. The lowest BCUT2D eigenvalue weighted by Crippen LogP contribution is -2.22. The topological polar surface area (TPSA) is 53.9 Å². The minimum Gasteiger partial charge on any atom is -0.363 e. The fourth-order valence-electron chi connectivity index (χ4n) is 2.46. The molecule has 2 aromatic rings. The van der Waals surface area contributed by atoms with Gasteiger partial charge in [-0.1, -0.05) is 0 Å². The molecule has 0 atom stereocenters. The van der Waals surface area contributed by atoms with Crippen LogP contribution in [0.25, 0.3) is 0 Å². The molecule has 0 saturated carbocycles. The molecular weight excluding hydrogens is 264 g/mol. The van der Waals surface area contributed by atoms with Gasteiger partial charge in [-0.2, -0.15) is 5.10 Å². The fraction of sp³-hybridized carbons (Fsp3) is 0.500. The number of rotatable bonds is 5. The third-order valence-corrected chi connectivity index (χ3v) is 3.85. The smallest absolute Gasteiger partial charge is 0.187 e. The van der Waals surface area contributed by atoms with Crippen LogP contribution >= 0.6 is 0 Å². The Labute approximate surface area is 125 Å². The Morgan fingerprint density at radius 1 is 1.29 bits per heavy atom. The van der Waals surface area contributed by atoms with Gasteiger partial charge in [-0.05, 0) is 34.7 Å². The van der Waals surface area contributed by atoms with Crippen molar-refractivity contribution in [3.63, 3.8) is 0 Å². The second kappa shape index (κ2) is 6.26. The molecule has 2 aromatic heterocycles. The molecule has 0 amide bonds. The molecule has 1 N–H and O–H groups in total. The zero-order chi connectivity index (χ0) is 15.6. The van der Waals surface area contributed by atoms with E-state index in [2.05, 4.69) is 35.2 Å². The molecule has 0 fully saturated rings. The highest BCUT2D eigenvalue weighted by molar-refractivity contribution is 5.23. The summed E-state index contributed by atoms with van der Waals surface area (Å²) in [6.07, 6.45) is 3.88.